The van der Waals surface area contributed by atoms with Crippen LogP contribution in [0.2, 0.25) is 0 Å². The first-order valence-corrected chi connectivity index (χ1v) is 12.5. The van der Waals surface area contributed by atoms with Crippen LogP contribution in [0.15, 0.2) is 97.3 Å². The number of benzene rings is 4. The Kier molecular flexibility index (Phi) is 4.17. The number of hydrogen-bond donors (Lipinski definition) is 0. The van der Waals surface area contributed by atoms with Gasteiger partial charge < -0.3 is 13.9 Å². The molecule has 0 N–H and O–H groups in total. The van der Waals surface area contributed by atoms with Crippen LogP contribution in [0.4, 0.5) is 0 Å². The smallest absolute Gasteiger partial charge is 0.214 e. The van der Waals surface area contributed by atoms with Crippen LogP contribution in [0.5, 0.6) is 11.5 Å². The number of aryl methyl sites for hydroxylation is 3. The molecule has 0 bridgehead atoms. The summed E-state index contributed by atoms with van der Waals surface area (Å²) in [5.41, 5.74) is 6.85. The van der Waals surface area contributed by atoms with Gasteiger partial charge in [-0.15, -0.1) is 0 Å². The van der Waals surface area contributed by atoms with E-state index in [-0.39, 0.29) is 0 Å². The standard InChI is InChI=1S/C31H23N5O/c1-34-17-15-32-31(34)36-27-8-4-2-6-23(27)24-13-12-22(19-29(24)36)37-21-11-10-20-14-16-35-28-9-5-3-7-26(28)33-30(35)25(20)18-21/h2-13,15,17-19H,14,16H2,1H3. The number of imidazole rings is 2. The highest BCUT2D eigenvalue weighted by Gasteiger charge is 2.21. The predicted molar refractivity (Wildman–Crippen MR) is 146 cm³/mol. The van der Waals surface area contributed by atoms with Crippen molar-refractivity contribution < 1.29 is 4.74 Å². The van der Waals surface area contributed by atoms with Gasteiger partial charge in [-0.1, -0.05) is 36.4 Å². The van der Waals surface area contributed by atoms with Crippen LogP contribution in [-0.2, 0) is 20.0 Å². The zero-order valence-corrected chi connectivity index (χ0v) is 20.3. The number of nitrogens with zero attached hydrogens (tertiary/aromatic N) is 5. The van der Waals surface area contributed by atoms with Crippen LogP contribution >= 0.6 is 0 Å². The van der Waals surface area contributed by atoms with Crippen LogP contribution < -0.4 is 4.74 Å². The second-order valence-electron chi connectivity index (χ2n) is 9.62. The van der Waals surface area contributed by atoms with E-state index in [1.807, 2.05) is 36.1 Å². The fraction of sp³-hybridized carbons (Fsp3) is 0.0968. The van der Waals surface area contributed by atoms with Gasteiger partial charge in [0.2, 0.25) is 5.95 Å². The number of para-hydroxylation sites is 3. The molecule has 0 unspecified atom stereocenters. The highest BCUT2D eigenvalue weighted by atomic mass is 16.5. The summed E-state index contributed by atoms with van der Waals surface area (Å²) in [7, 11) is 2.02. The van der Waals surface area contributed by atoms with E-state index in [0.29, 0.717) is 0 Å². The summed E-state index contributed by atoms with van der Waals surface area (Å²) < 4.78 is 13.0. The lowest BCUT2D eigenvalue weighted by Gasteiger charge is -2.19. The van der Waals surface area contributed by atoms with Gasteiger partial charge in [0.1, 0.15) is 17.3 Å². The molecule has 178 valence electrons. The SMILES string of the molecule is Cn1ccnc1-n1c2ccccc2c2ccc(Oc3ccc4c(c3)-c3nc5ccccc5n3CC4)cc21. The van der Waals surface area contributed by atoms with Crippen molar-refractivity contribution in [2.24, 2.45) is 7.05 Å². The van der Waals surface area contributed by atoms with Crippen molar-refractivity contribution in [1.29, 1.82) is 0 Å². The monoisotopic (exact) mass is 481 g/mol. The summed E-state index contributed by atoms with van der Waals surface area (Å²) in [6.45, 7) is 0.942. The summed E-state index contributed by atoms with van der Waals surface area (Å²) in [4.78, 5) is 9.59. The molecule has 7 aromatic rings. The van der Waals surface area contributed by atoms with E-state index in [2.05, 4.69) is 86.9 Å². The molecule has 0 saturated carbocycles. The fourth-order valence-electron chi connectivity index (χ4n) is 5.72. The van der Waals surface area contributed by atoms with Crippen molar-refractivity contribution in [2.45, 2.75) is 13.0 Å². The first-order chi connectivity index (χ1) is 18.2. The number of ether oxygens (including phenoxy) is 1. The molecule has 1 aliphatic heterocycles. The summed E-state index contributed by atoms with van der Waals surface area (Å²) in [6.07, 6.45) is 4.78. The second-order valence-corrected chi connectivity index (χ2v) is 9.62. The fourth-order valence-corrected chi connectivity index (χ4v) is 5.72. The Labute approximate surface area is 213 Å². The molecule has 0 atom stereocenters. The largest absolute Gasteiger partial charge is 0.457 e. The van der Waals surface area contributed by atoms with Gasteiger partial charge in [-0.05, 0) is 54.4 Å². The quantitative estimate of drug-likeness (QED) is 0.276. The molecule has 0 radical (unpaired) electrons. The maximum absolute atomic E-state index is 6.46. The maximum Gasteiger partial charge on any atom is 0.214 e. The Morgan fingerprint density at radius 2 is 1.57 bits per heavy atom. The Morgan fingerprint density at radius 3 is 2.46 bits per heavy atom. The van der Waals surface area contributed by atoms with Gasteiger partial charge in [-0.25, -0.2) is 9.97 Å². The van der Waals surface area contributed by atoms with E-state index in [1.165, 1.54) is 21.9 Å². The summed E-state index contributed by atoms with van der Waals surface area (Å²) in [6, 6.07) is 29.5. The normalized spacial score (nSPS) is 12.8. The minimum absolute atomic E-state index is 0.787. The van der Waals surface area contributed by atoms with E-state index in [4.69, 9.17) is 9.72 Å². The molecule has 0 saturated heterocycles. The van der Waals surface area contributed by atoms with Gasteiger partial charge in [0.25, 0.3) is 0 Å². The lowest BCUT2D eigenvalue weighted by Crippen LogP contribution is -2.10. The Morgan fingerprint density at radius 1 is 0.784 bits per heavy atom. The summed E-state index contributed by atoms with van der Waals surface area (Å²) >= 11 is 0. The number of hydrogen-bond acceptors (Lipinski definition) is 3. The average molecular weight is 482 g/mol. The molecule has 8 rings (SSSR count). The lowest BCUT2D eigenvalue weighted by molar-refractivity contribution is 0.483. The Balaban J connectivity index is 1.25. The molecule has 6 nitrogen and oxygen atoms in total. The van der Waals surface area contributed by atoms with Crippen molar-refractivity contribution in [1.82, 2.24) is 23.7 Å². The average Bonchev–Trinajstić information content (AvgIpc) is 3.61. The van der Waals surface area contributed by atoms with Gasteiger partial charge >= 0.3 is 0 Å². The van der Waals surface area contributed by atoms with Crippen molar-refractivity contribution in [2.75, 3.05) is 0 Å². The van der Waals surface area contributed by atoms with E-state index in [1.54, 1.807) is 0 Å². The summed E-state index contributed by atoms with van der Waals surface area (Å²) in [5.74, 6) is 3.47. The van der Waals surface area contributed by atoms with Gasteiger partial charge in [-0.3, -0.25) is 4.57 Å². The molecular weight excluding hydrogens is 458 g/mol. The molecule has 4 aromatic carbocycles. The first-order valence-electron chi connectivity index (χ1n) is 12.5. The minimum Gasteiger partial charge on any atom is -0.457 e. The van der Waals surface area contributed by atoms with Crippen molar-refractivity contribution in [3.05, 3.63) is 103 Å². The molecule has 0 amide bonds. The number of aromatic nitrogens is 5. The van der Waals surface area contributed by atoms with Gasteiger partial charge in [0, 0.05) is 48.4 Å². The molecular formula is C31H23N5O. The summed E-state index contributed by atoms with van der Waals surface area (Å²) in [5, 5.41) is 2.37. The van der Waals surface area contributed by atoms with Crippen LogP contribution in [0.3, 0.4) is 0 Å². The Bertz CT molecular complexity index is 1990. The van der Waals surface area contributed by atoms with Gasteiger partial charge in [0.05, 0.1) is 22.1 Å². The third-order valence-corrected chi connectivity index (χ3v) is 7.46. The minimum atomic E-state index is 0.787. The van der Waals surface area contributed by atoms with E-state index in [0.717, 1.165) is 58.4 Å². The van der Waals surface area contributed by atoms with E-state index in [9.17, 15) is 0 Å². The zero-order valence-electron chi connectivity index (χ0n) is 20.3. The van der Waals surface area contributed by atoms with Crippen LogP contribution in [0.25, 0.3) is 50.2 Å². The zero-order chi connectivity index (χ0) is 24.5. The van der Waals surface area contributed by atoms with E-state index >= 15 is 0 Å². The topological polar surface area (TPSA) is 49.8 Å². The third-order valence-electron chi connectivity index (χ3n) is 7.46. The van der Waals surface area contributed by atoms with Crippen molar-refractivity contribution in [3.63, 3.8) is 0 Å². The second kappa shape index (κ2) is 7.58. The molecule has 0 aliphatic carbocycles. The number of rotatable bonds is 3. The highest BCUT2D eigenvalue weighted by molar-refractivity contribution is 6.09. The highest BCUT2D eigenvalue weighted by Crippen LogP contribution is 2.38. The lowest BCUT2D eigenvalue weighted by atomic mass is 10.0. The van der Waals surface area contributed by atoms with Crippen LogP contribution in [0, 0.1) is 0 Å². The predicted octanol–water partition coefficient (Wildman–Crippen LogP) is 6.88. The maximum atomic E-state index is 6.46. The molecule has 0 fully saturated rings. The molecule has 4 heterocycles. The van der Waals surface area contributed by atoms with Crippen molar-refractivity contribution in [3.8, 4) is 28.8 Å². The molecule has 1 aliphatic rings. The van der Waals surface area contributed by atoms with Gasteiger partial charge in [0.15, 0.2) is 0 Å². The molecule has 37 heavy (non-hydrogen) atoms. The molecule has 6 heteroatoms. The molecule has 0 spiro atoms. The first kappa shape index (κ1) is 20.4. The Hall–Kier alpha value is -4.84. The van der Waals surface area contributed by atoms with E-state index < -0.39 is 0 Å². The van der Waals surface area contributed by atoms with Crippen molar-refractivity contribution >= 4 is 32.8 Å². The third kappa shape index (κ3) is 2.99. The number of fused-ring (bicyclic) bond motifs is 8. The van der Waals surface area contributed by atoms with Gasteiger partial charge in [-0.2, -0.15) is 0 Å². The molecule has 3 aromatic heterocycles. The van der Waals surface area contributed by atoms with Crippen LogP contribution in [-0.4, -0.2) is 23.7 Å². The van der Waals surface area contributed by atoms with Crippen LogP contribution in [0.1, 0.15) is 5.56 Å².